The second-order valence-electron chi connectivity index (χ2n) is 3.47. The van der Waals surface area contributed by atoms with Gasteiger partial charge in [-0.2, -0.15) is 5.26 Å². The molecule has 0 bridgehead atoms. The molecule has 0 atom stereocenters. The summed E-state index contributed by atoms with van der Waals surface area (Å²) >= 11 is 0. The average Bonchev–Trinajstić information content (AvgIpc) is 2.09. The van der Waals surface area contributed by atoms with E-state index in [0.29, 0.717) is 12.0 Å². The van der Waals surface area contributed by atoms with E-state index in [0.717, 1.165) is 6.42 Å². The van der Waals surface area contributed by atoms with Gasteiger partial charge in [-0.05, 0) is 38.6 Å². The number of nitriles is 1. The minimum absolute atomic E-state index is 0.616. The summed E-state index contributed by atoms with van der Waals surface area (Å²) in [6.45, 7) is 0. The molecule has 0 amide bonds. The summed E-state index contributed by atoms with van der Waals surface area (Å²) in [6.07, 6.45) is 5.55. The van der Waals surface area contributed by atoms with Crippen molar-refractivity contribution >= 4 is 0 Å². The SMILES string of the molecule is CNN[C@H]1CC[C@H](CC#N)CC1. The smallest absolute Gasteiger partial charge is 0.0624 e. The van der Waals surface area contributed by atoms with Gasteiger partial charge in [0.15, 0.2) is 0 Å². The number of hydrogen-bond acceptors (Lipinski definition) is 3. The van der Waals surface area contributed by atoms with Crippen LogP contribution in [-0.2, 0) is 0 Å². The second-order valence-corrected chi connectivity index (χ2v) is 3.47. The molecule has 0 unspecified atom stereocenters. The minimum atomic E-state index is 0.616. The van der Waals surface area contributed by atoms with E-state index in [2.05, 4.69) is 16.9 Å². The first-order chi connectivity index (χ1) is 5.86. The Kier molecular flexibility index (Phi) is 4.06. The van der Waals surface area contributed by atoms with Crippen LogP contribution in [0.5, 0.6) is 0 Å². The van der Waals surface area contributed by atoms with E-state index in [1.165, 1.54) is 25.7 Å². The molecule has 0 radical (unpaired) electrons. The van der Waals surface area contributed by atoms with Crippen molar-refractivity contribution in [2.75, 3.05) is 7.05 Å². The lowest BCUT2D eigenvalue weighted by Crippen LogP contribution is -2.40. The van der Waals surface area contributed by atoms with Crippen molar-refractivity contribution in [1.82, 2.24) is 10.9 Å². The van der Waals surface area contributed by atoms with Crippen LogP contribution < -0.4 is 10.9 Å². The summed E-state index contributed by atoms with van der Waals surface area (Å²) in [6, 6.07) is 2.86. The monoisotopic (exact) mass is 167 g/mol. The molecule has 0 saturated heterocycles. The van der Waals surface area contributed by atoms with Crippen LogP contribution in [0.1, 0.15) is 32.1 Å². The molecule has 68 valence electrons. The van der Waals surface area contributed by atoms with Crippen molar-refractivity contribution in [3.63, 3.8) is 0 Å². The Morgan fingerprint density at radius 1 is 1.33 bits per heavy atom. The Morgan fingerprint density at radius 3 is 2.50 bits per heavy atom. The Balaban J connectivity index is 2.16. The third-order valence-corrected chi connectivity index (χ3v) is 2.58. The van der Waals surface area contributed by atoms with E-state index < -0.39 is 0 Å². The van der Waals surface area contributed by atoms with Gasteiger partial charge in [0.25, 0.3) is 0 Å². The van der Waals surface area contributed by atoms with Gasteiger partial charge in [0.1, 0.15) is 0 Å². The summed E-state index contributed by atoms with van der Waals surface area (Å²) in [5, 5.41) is 8.51. The molecule has 3 nitrogen and oxygen atoms in total. The molecule has 1 fully saturated rings. The van der Waals surface area contributed by atoms with Gasteiger partial charge >= 0.3 is 0 Å². The predicted octanol–water partition coefficient (Wildman–Crippen LogP) is 1.18. The van der Waals surface area contributed by atoms with Crippen molar-refractivity contribution in [1.29, 1.82) is 5.26 Å². The van der Waals surface area contributed by atoms with Crippen LogP contribution in [0.25, 0.3) is 0 Å². The first-order valence-electron chi connectivity index (χ1n) is 4.66. The van der Waals surface area contributed by atoms with E-state index in [1.807, 2.05) is 7.05 Å². The lowest BCUT2D eigenvalue weighted by molar-refractivity contribution is 0.280. The number of rotatable bonds is 3. The molecule has 0 aromatic rings. The van der Waals surface area contributed by atoms with Crippen LogP contribution in [0.15, 0.2) is 0 Å². The van der Waals surface area contributed by atoms with Gasteiger partial charge in [0.05, 0.1) is 6.07 Å². The fourth-order valence-corrected chi connectivity index (χ4v) is 1.84. The highest BCUT2D eigenvalue weighted by atomic mass is 15.3. The highest BCUT2D eigenvalue weighted by Crippen LogP contribution is 2.25. The van der Waals surface area contributed by atoms with Gasteiger partial charge in [-0.15, -0.1) is 0 Å². The Bertz CT molecular complexity index is 154. The largest absolute Gasteiger partial charge is 0.261 e. The van der Waals surface area contributed by atoms with Gasteiger partial charge in [-0.1, -0.05) is 0 Å². The van der Waals surface area contributed by atoms with Crippen LogP contribution in [0, 0.1) is 17.2 Å². The van der Waals surface area contributed by atoms with E-state index >= 15 is 0 Å². The van der Waals surface area contributed by atoms with Crippen molar-refractivity contribution < 1.29 is 0 Å². The lowest BCUT2D eigenvalue weighted by Gasteiger charge is -2.27. The van der Waals surface area contributed by atoms with Crippen LogP contribution in [0.2, 0.25) is 0 Å². The molecular formula is C9H17N3. The van der Waals surface area contributed by atoms with Gasteiger partial charge < -0.3 is 0 Å². The third kappa shape index (κ3) is 2.80. The molecule has 1 aliphatic rings. The molecule has 3 heteroatoms. The quantitative estimate of drug-likeness (QED) is 0.621. The summed E-state index contributed by atoms with van der Waals surface area (Å²) in [7, 11) is 1.90. The minimum Gasteiger partial charge on any atom is -0.261 e. The topological polar surface area (TPSA) is 47.8 Å². The van der Waals surface area contributed by atoms with Crippen molar-refractivity contribution in [3.05, 3.63) is 0 Å². The maximum atomic E-state index is 8.51. The molecule has 0 spiro atoms. The predicted molar refractivity (Wildman–Crippen MR) is 48.2 cm³/mol. The number of nitrogens with zero attached hydrogens (tertiary/aromatic N) is 1. The molecule has 0 aromatic heterocycles. The summed E-state index contributed by atoms with van der Waals surface area (Å²) in [5.74, 6) is 0.657. The Labute approximate surface area is 74.1 Å². The van der Waals surface area contributed by atoms with Gasteiger partial charge in [-0.3, -0.25) is 10.9 Å². The molecule has 0 aromatic carbocycles. The number of nitrogens with one attached hydrogen (secondary N) is 2. The standard InChI is InChI=1S/C9H17N3/c1-11-12-9-4-2-8(3-5-9)6-7-10/h8-9,11-12H,2-6H2,1H3/t8-,9-. The van der Waals surface area contributed by atoms with E-state index in [-0.39, 0.29) is 0 Å². The zero-order valence-electron chi connectivity index (χ0n) is 7.64. The first kappa shape index (κ1) is 9.50. The lowest BCUT2D eigenvalue weighted by atomic mass is 9.85. The molecule has 1 aliphatic carbocycles. The van der Waals surface area contributed by atoms with Gasteiger partial charge in [0, 0.05) is 12.5 Å². The molecule has 0 aliphatic heterocycles. The van der Waals surface area contributed by atoms with Gasteiger partial charge in [-0.25, -0.2) is 0 Å². The third-order valence-electron chi connectivity index (χ3n) is 2.58. The molecule has 12 heavy (non-hydrogen) atoms. The Hall–Kier alpha value is -0.590. The normalized spacial score (nSPS) is 29.7. The molecule has 0 heterocycles. The maximum absolute atomic E-state index is 8.51. The zero-order chi connectivity index (χ0) is 8.81. The Morgan fingerprint density at radius 2 is 2.00 bits per heavy atom. The highest BCUT2D eigenvalue weighted by molar-refractivity contribution is 4.82. The highest BCUT2D eigenvalue weighted by Gasteiger charge is 2.19. The van der Waals surface area contributed by atoms with Crippen molar-refractivity contribution in [2.45, 2.75) is 38.1 Å². The van der Waals surface area contributed by atoms with Crippen molar-refractivity contribution in [3.8, 4) is 6.07 Å². The molecular weight excluding hydrogens is 150 g/mol. The fourth-order valence-electron chi connectivity index (χ4n) is 1.84. The zero-order valence-corrected chi connectivity index (χ0v) is 7.64. The van der Waals surface area contributed by atoms with E-state index in [4.69, 9.17) is 5.26 Å². The summed E-state index contributed by atoms with van der Waals surface area (Å²) in [4.78, 5) is 0. The fraction of sp³-hybridized carbons (Fsp3) is 0.889. The van der Waals surface area contributed by atoms with Crippen LogP contribution in [0.4, 0.5) is 0 Å². The summed E-state index contributed by atoms with van der Waals surface area (Å²) in [5.41, 5.74) is 6.18. The maximum Gasteiger partial charge on any atom is 0.0624 e. The van der Waals surface area contributed by atoms with Crippen LogP contribution in [0.3, 0.4) is 0 Å². The van der Waals surface area contributed by atoms with Crippen LogP contribution >= 0.6 is 0 Å². The van der Waals surface area contributed by atoms with E-state index in [1.54, 1.807) is 0 Å². The number of hydrazine groups is 1. The average molecular weight is 167 g/mol. The van der Waals surface area contributed by atoms with Crippen molar-refractivity contribution in [2.24, 2.45) is 5.92 Å². The number of hydrogen-bond donors (Lipinski definition) is 2. The van der Waals surface area contributed by atoms with Gasteiger partial charge in [0.2, 0.25) is 0 Å². The van der Waals surface area contributed by atoms with E-state index in [9.17, 15) is 0 Å². The molecule has 2 N–H and O–H groups in total. The van der Waals surface area contributed by atoms with Crippen LogP contribution in [-0.4, -0.2) is 13.1 Å². The second kappa shape index (κ2) is 5.13. The summed E-state index contributed by atoms with van der Waals surface area (Å²) < 4.78 is 0. The first-order valence-corrected chi connectivity index (χ1v) is 4.66. The molecule has 1 rings (SSSR count). The molecule has 1 saturated carbocycles.